The van der Waals surface area contributed by atoms with Crippen LogP contribution in [-0.4, -0.2) is 31.5 Å². The number of hydrogen-bond donors (Lipinski definition) is 3. The highest BCUT2D eigenvalue weighted by Gasteiger charge is 2.38. The molecule has 1 amide bonds. The number of amides is 1. The predicted molar refractivity (Wildman–Crippen MR) is 120 cm³/mol. The number of nitrogens with one attached hydrogen (secondary N) is 3. The second-order valence-corrected chi connectivity index (χ2v) is 7.75. The molecule has 5 heteroatoms. The van der Waals surface area contributed by atoms with Crippen molar-refractivity contribution >= 4 is 17.6 Å². The molecule has 5 nitrogen and oxygen atoms in total. The quantitative estimate of drug-likeness (QED) is 0.472. The summed E-state index contributed by atoms with van der Waals surface area (Å²) in [6.45, 7) is 6.08. The van der Waals surface area contributed by atoms with Crippen molar-refractivity contribution in [1.82, 2.24) is 10.6 Å². The summed E-state index contributed by atoms with van der Waals surface area (Å²) in [6.07, 6.45) is 4.60. The third kappa shape index (κ3) is 5.83. The third-order valence-corrected chi connectivity index (χ3v) is 5.56. The van der Waals surface area contributed by atoms with Crippen LogP contribution in [0.4, 0.5) is 5.69 Å². The Morgan fingerprint density at radius 2 is 1.76 bits per heavy atom. The van der Waals surface area contributed by atoms with Crippen LogP contribution in [0.5, 0.6) is 0 Å². The fraction of sp³-hybridized carbons (Fsp3) is 0.417. The summed E-state index contributed by atoms with van der Waals surface area (Å²) in [7, 11) is 0. The topological polar surface area (TPSA) is 65.5 Å². The number of guanidine groups is 1. The molecule has 2 aromatic carbocycles. The molecule has 0 heterocycles. The fourth-order valence-electron chi connectivity index (χ4n) is 3.79. The molecule has 0 spiro atoms. The number of carbonyl (C=O) groups is 1. The van der Waals surface area contributed by atoms with Gasteiger partial charge in [0.1, 0.15) is 0 Å². The maximum Gasteiger partial charge on any atom is 0.221 e. The van der Waals surface area contributed by atoms with Crippen LogP contribution in [0.3, 0.4) is 0 Å². The minimum Gasteiger partial charge on any atom is -0.357 e. The average Bonchev–Trinajstić information content (AvgIpc) is 2.69. The Labute approximate surface area is 174 Å². The Hall–Kier alpha value is -2.82. The Bertz CT molecular complexity index is 811. The largest absolute Gasteiger partial charge is 0.357 e. The molecule has 1 aliphatic rings. The van der Waals surface area contributed by atoms with Crippen molar-refractivity contribution in [3.8, 4) is 0 Å². The van der Waals surface area contributed by atoms with E-state index in [0.29, 0.717) is 0 Å². The molecule has 1 aliphatic carbocycles. The highest BCUT2D eigenvalue weighted by Crippen LogP contribution is 2.43. The number of rotatable bonds is 8. The lowest BCUT2D eigenvalue weighted by Crippen LogP contribution is -2.42. The van der Waals surface area contributed by atoms with Crippen molar-refractivity contribution in [3.05, 3.63) is 65.7 Å². The van der Waals surface area contributed by atoms with Crippen LogP contribution in [-0.2, 0) is 16.6 Å². The second kappa shape index (κ2) is 10.1. The first-order valence-electron chi connectivity index (χ1n) is 10.6. The number of anilines is 1. The normalized spacial score (nSPS) is 15.3. The van der Waals surface area contributed by atoms with Gasteiger partial charge in [0.05, 0.1) is 6.54 Å². The Balaban J connectivity index is 1.55. The Morgan fingerprint density at radius 1 is 1.03 bits per heavy atom. The lowest BCUT2D eigenvalue weighted by molar-refractivity contribution is -0.114. The van der Waals surface area contributed by atoms with Crippen molar-refractivity contribution < 1.29 is 4.79 Å². The molecule has 0 saturated heterocycles. The highest BCUT2D eigenvalue weighted by molar-refractivity contribution is 5.88. The monoisotopic (exact) mass is 392 g/mol. The van der Waals surface area contributed by atoms with Gasteiger partial charge >= 0.3 is 0 Å². The maximum atomic E-state index is 11.1. The molecule has 0 radical (unpaired) electrons. The van der Waals surface area contributed by atoms with Crippen LogP contribution in [0.2, 0.25) is 0 Å². The van der Waals surface area contributed by atoms with Gasteiger partial charge in [-0.05, 0) is 49.4 Å². The van der Waals surface area contributed by atoms with Crippen molar-refractivity contribution in [1.29, 1.82) is 0 Å². The lowest BCUT2D eigenvalue weighted by Gasteiger charge is -2.41. The second-order valence-electron chi connectivity index (χ2n) is 7.75. The molecule has 0 bridgehead atoms. The van der Waals surface area contributed by atoms with Gasteiger partial charge in [0.2, 0.25) is 5.91 Å². The van der Waals surface area contributed by atoms with Gasteiger partial charge in [-0.2, -0.15) is 0 Å². The molecule has 1 fully saturated rings. The lowest BCUT2D eigenvalue weighted by atomic mass is 9.64. The molecule has 154 valence electrons. The third-order valence-electron chi connectivity index (χ3n) is 5.56. The van der Waals surface area contributed by atoms with Crippen LogP contribution in [0.1, 0.15) is 44.2 Å². The maximum absolute atomic E-state index is 11.1. The SMILES string of the molecule is CCNC(=NCC1(c2ccccc2)CCC1)NCCc1ccc(NC(C)=O)cc1. The van der Waals surface area contributed by atoms with E-state index in [2.05, 4.69) is 65.3 Å². The van der Waals surface area contributed by atoms with E-state index < -0.39 is 0 Å². The fourth-order valence-corrected chi connectivity index (χ4v) is 3.79. The zero-order chi connectivity index (χ0) is 20.5. The molecule has 29 heavy (non-hydrogen) atoms. The zero-order valence-electron chi connectivity index (χ0n) is 17.5. The van der Waals surface area contributed by atoms with Crippen molar-refractivity contribution in [2.45, 2.75) is 44.9 Å². The van der Waals surface area contributed by atoms with Crippen molar-refractivity contribution in [2.75, 3.05) is 25.0 Å². The number of hydrogen-bond acceptors (Lipinski definition) is 2. The van der Waals surface area contributed by atoms with E-state index in [1.807, 2.05) is 12.1 Å². The van der Waals surface area contributed by atoms with E-state index in [1.165, 1.54) is 37.3 Å². The smallest absolute Gasteiger partial charge is 0.221 e. The molecule has 2 aromatic rings. The molecule has 3 rings (SSSR count). The summed E-state index contributed by atoms with van der Waals surface area (Å²) in [6, 6.07) is 18.8. The number of aliphatic imine (C=N–C) groups is 1. The minimum atomic E-state index is -0.0503. The minimum absolute atomic E-state index is 0.0503. The van der Waals surface area contributed by atoms with E-state index in [0.717, 1.165) is 37.7 Å². The van der Waals surface area contributed by atoms with Crippen molar-refractivity contribution in [2.24, 2.45) is 4.99 Å². The number of nitrogens with zero attached hydrogens (tertiary/aromatic N) is 1. The molecule has 0 unspecified atom stereocenters. The average molecular weight is 393 g/mol. The van der Waals surface area contributed by atoms with E-state index in [4.69, 9.17) is 4.99 Å². The highest BCUT2D eigenvalue weighted by atomic mass is 16.1. The number of benzene rings is 2. The molecular weight excluding hydrogens is 360 g/mol. The summed E-state index contributed by atoms with van der Waals surface area (Å²) in [5.41, 5.74) is 3.66. The van der Waals surface area contributed by atoms with Crippen LogP contribution >= 0.6 is 0 Å². The van der Waals surface area contributed by atoms with Crippen molar-refractivity contribution in [3.63, 3.8) is 0 Å². The standard InChI is InChI=1S/C24H32N4O/c1-3-25-23(26-17-14-20-10-12-22(13-11-20)28-19(2)29)27-18-24(15-7-16-24)21-8-5-4-6-9-21/h4-6,8-13H,3,7,14-18H2,1-2H3,(H,28,29)(H2,25,26,27). The zero-order valence-corrected chi connectivity index (χ0v) is 17.5. The summed E-state index contributed by atoms with van der Waals surface area (Å²) in [5, 5.41) is 9.62. The van der Waals surface area contributed by atoms with E-state index >= 15 is 0 Å². The molecular formula is C24H32N4O. The molecule has 0 aromatic heterocycles. The first-order valence-corrected chi connectivity index (χ1v) is 10.6. The van der Waals surface area contributed by atoms with E-state index in [1.54, 1.807) is 0 Å². The van der Waals surface area contributed by atoms with Gasteiger partial charge in [0.25, 0.3) is 0 Å². The van der Waals surface area contributed by atoms with Gasteiger partial charge in [-0.3, -0.25) is 9.79 Å². The van der Waals surface area contributed by atoms with Gasteiger partial charge in [0, 0.05) is 31.1 Å². The summed E-state index contributed by atoms with van der Waals surface area (Å²) >= 11 is 0. The molecule has 0 atom stereocenters. The summed E-state index contributed by atoms with van der Waals surface area (Å²) in [5.74, 6) is 0.829. The van der Waals surface area contributed by atoms with Crippen LogP contribution in [0, 0.1) is 0 Å². The van der Waals surface area contributed by atoms with Gasteiger partial charge in [-0.15, -0.1) is 0 Å². The number of carbonyl (C=O) groups excluding carboxylic acids is 1. The first-order chi connectivity index (χ1) is 14.1. The Kier molecular flexibility index (Phi) is 7.28. The van der Waals surface area contributed by atoms with E-state index in [9.17, 15) is 4.79 Å². The Morgan fingerprint density at radius 3 is 2.34 bits per heavy atom. The van der Waals surface area contributed by atoms with Gasteiger partial charge in [-0.1, -0.05) is 48.9 Å². The summed E-state index contributed by atoms with van der Waals surface area (Å²) in [4.78, 5) is 16.0. The van der Waals surface area contributed by atoms with Gasteiger partial charge in [0.15, 0.2) is 5.96 Å². The molecule has 1 saturated carbocycles. The van der Waals surface area contributed by atoms with Crippen LogP contribution in [0.25, 0.3) is 0 Å². The van der Waals surface area contributed by atoms with Gasteiger partial charge < -0.3 is 16.0 Å². The molecule has 3 N–H and O–H groups in total. The van der Waals surface area contributed by atoms with Crippen LogP contribution < -0.4 is 16.0 Å². The van der Waals surface area contributed by atoms with Crippen LogP contribution in [0.15, 0.2) is 59.6 Å². The predicted octanol–water partition coefficient (Wildman–Crippen LogP) is 3.86. The first kappa shape index (κ1) is 20.9. The van der Waals surface area contributed by atoms with Gasteiger partial charge in [-0.25, -0.2) is 0 Å². The van der Waals surface area contributed by atoms with E-state index in [-0.39, 0.29) is 11.3 Å². The summed E-state index contributed by atoms with van der Waals surface area (Å²) < 4.78 is 0. The molecule has 0 aliphatic heterocycles.